The third-order valence-corrected chi connectivity index (χ3v) is 4.23. The van der Waals surface area contributed by atoms with Crippen LogP contribution in [0.4, 0.5) is 24.5 Å². The molecule has 2 aromatic rings. The van der Waals surface area contributed by atoms with Crippen LogP contribution in [-0.4, -0.2) is 11.8 Å². The van der Waals surface area contributed by atoms with Crippen molar-refractivity contribution in [2.45, 2.75) is 25.4 Å². The van der Waals surface area contributed by atoms with Crippen LogP contribution in [0.1, 0.15) is 35.4 Å². The lowest BCUT2D eigenvalue weighted by atomic mass is 9.93. The molecule has 0 saturated heterocycles. The van der Waals surface area contributed by atoms with Crippen molar-refractivity contribution in [2.75, 3.05) is 10.6 Å². The molecule has 1 atom stereocenters. The number of rotatable bonds is 4. The standard InChI is InChI=1S/C19H17F3N2O3/c20-19(21,22)14-11-13(23-18(26)16-7-4-10-27-16)8-9-15(14)24-17(25)12-5-2-1-3-6-12/h1-2,4,7-12H,3,5-6H2,(H,23,26)(H,24,25)/t12-/m0/s1. The van der Waals surface area contributed by atoms with Gasteiger partial charge in [-0.05, 0) is 49.6 Å². The predicted molar refractivity (Wildman–Crippen MR) is 93.2 cm³/mol. The van der Waals surface area contributed by atoms with Crippen molar-refractivity contribution < 1.29 is 27.2 Å². The third kappa shape index (κ3) is 4.58. The quantitative estimate of drug-likeness (QED) is 0.748. The number of halogens is 3. The number of nitrogens with one attached hydrogen (secondary N) is 2. The minimum atomic E-state index is -4.69. The van der Waals surface area contributed by atoms with Crippen LogP contribution in [0.2, 0.25) is 0 Å². The zero-order valence-corrected chi connectivity index (χ0v) is 14.2. The van der Waals surface area contributed by atoms with E-state index in [1.807, 2.05) is 12.2 Å². The largest absolute Gasteiger partial charge is 0.459 e. The number of amides is 2. The predicted octanol–water partition coefficient (Wildman–Crippen LogP) is 4.85. The summed E-state index contributed by atoms with van der Waals surface area (Å²) in [4.78, 5) is 24.2. The van der Waals surface area contributed by atoms with Gasteiger partial charge in [0.1, 0.15) is 0 Å². The van der Waals surface area contributed by atoms with Gasteiger partial charge in [-0.2, -0.15) is 13.2 Å². The van der Waals surface area contributed by atoms with Crippen molar-refractivity contribution in [1.29, 1.82) is 0 Å². The summed E-state index contributed by atoms with van der Waals surface area (Å²) in [5.74, 6) is -1.49. The molecule has 0 aliphatic heterocycles. The molecule has 142 valence electrons. The van der Waals surface area contributed by atoms with Crippen molar-refractivity contribution in [3.05, 3.63) is 60.1 Å². The molecule has 1 aromatic heterocycles. The number of allylic oxidation sites excluding steroid dienone is 2. The average molecular weight is 378 g/mol. The molecule has 1 aliphatic rings. The Balaban J connectivity index is 1.80. The molecule has 2 amide bonds. The van der Waals surface area contributed by atoms with Gasteiger partial charge in [0.2, 0.25) is 5.91 Å². The van der Waals surface area contributed by atoms with Crippen molar-refractivity contribution in [2.24, 2.45) is 5.92 Å². The molecule has 0 unspecified atom stereocenters. The highest BCUT2D eigenvalue weighted by Gasteiger charge is 2.35. The summed E-state index contributed by atoms with van der Waals surface area (Å²) in [5, 5.41) is 4.72. The van der Waals surface area contributed by atoms with Crippen LogP contribution < -0.4 is 10.6 Å². The van der Waals surface area contributed by atoms with E-state index < -0.39 is 23.6 Å². The number of furan rings is 1. The normalized spacial score (nSPS) is 16.8. The summed E-state index contributed by atoms with van der Waals surface area (Å²) in [6.07, 6.45) is 2.22. The average Bonchev–Trinajstić information content (AvgIpc) is 3.17. The number of carbonyl (C=O) groups excluding carboxylic acids is 2. The fourth-order valence-corrected chi connectivity index (χ4v) is 2.83. The van der Waals surface area contributed by atoms with Crippen molar-refractivity contribution in [3.8, 4) is 0 Å². The zero-order valence-electron chi connectivity index (χ0n) is 14.2. The van der Waals surface area contributed by atoms with Gasteiger partial charge in [-0.1, -0.05) is 12.2 Å². The van der Waals surface area contributed by atoms with Gasteiger partial charge in [0.15, 0.2) is 5.76 Å². The molecule has 1 aliphatic carbocycles. The highest BCUT2D eigenvalue weighted by Crippen LogP contribution is 2.37. The number of alkyl halides is 3. The van der Waals surface area contributed by atoms with E-state index in [1.165, 1.54) is 24.5 Å². The Morgan fingerprint density at radius 3 is 2.56 bits per heavy atom. The fourth-order valence-electron chi connectivity index (χ4n) is 2.83. The lowest BCUT2D eigenvalue weighted by Gasteiger charge is -2.20. The summed E-state index contributed by atoms with van der Waals surface area (Å²) in [7, 11) is 0. The van der Waals surface area contributed by atoms with Gasteiger partial charge in [0.05, 0.1) is 17.5 Å². The Hall–Kier alpha value is -3.03. The van der Waals surface area contributed by atoms with E-state index in [4.69, 9.17) is 4.42 Å². The van der Waals surface area contributed by atoms with Crippen LogP contribution in [0.25, 0.3) is 0 Å². The highest BCUT2D eigenvalue weighted by atomic mass is 19.4. The van der Waals surface area contributed by atoms with Gasteiger partial charge < -0.3 is 15.1 Å². The molecule has 5 nitrogen and oxygen atoms in total. The Kier molecular flexibility index (Phi) is 5.34. The summed E-state index contributed by atoms with van der Waals surface area (Å²) < 4.78 is 45.2. The monoisotopic (exact) mass is 378 g/mol. The smallest absolute Gasteiger partial charge is 0.418 e. The maximum absolute atomic E-state index is 13.4. The van der Waals surface area contributed by atoms with Crippen LogP contribution in [-0.2, 0) is 11.0 Å². The second-order valence-corrected chi connectivity index (χ2v) is 6.16. The molecule has 0 fully saturated rings. The van der Waals surface area contributed by atoms with Crippen molar-refractivity contribution in [1.82, 2.24) is 0 Å². The van der Waals surface area contributed by atoms with E-state index >= 15 is 0 Å². The second kappa shape index (κ2) is 7.69. The molecule has 0 bridgehead atoms. The molecule has 0 radical (unpaired) electrons. The van der Waals surface area contributed by atoms with Gasteiger partial charge in [-0.3, -0.25) is 9.59 Å². The van der Waals surface area contributed by atoms with E-state index in [1.54, 1.807) is 0 Å². The first-order chi connectivity index (χ1) is 12.8. The van der Waals surface area contributed by atoms with Crippen LogP contribution >= 0.6 is 0 Å². The minimum Gasteiger partial charge on any atom is -0.459 e. The van der Waals surface area contributed by atoms with Gasteiger partial charge >= 0.3 is 6.18 Å². The molecular formula is C19H17F3N2O3. The Labute approximate surface area is 153 Å². The third-order valence-electron chi connectivity index (χ3n) is 4.23. The molecule has 27 heavy (non-hydrogen) atoms. The molecule has 1 heterocycles. The first-order valence-corrected chi connectivity index (χ1v) is 8.36. The number of carbonyl (C=O) groups is 2. The second-order valence-electron chi connectivity index (χ2n) is 6.16. The number of hydrogen-bond acceptors (Lipinski definition) is 3. The van der Waals surface area contributed by atoms with Crippen molar-refractivity contribution in [3.63, 3.8) is 0 Å². The first kappa shape index (κ1) is 18.8. The van der Waals surface area contributed by atoms with Crippen LogP contribution in [0.3, 0.4) is 0 Å². The van der Waals surface area contributed by atoms with Crippen LogP contribution in [0, 0.1) is 5.92 Å². The Morgan fingerprint density at radius 1 is 1.11 bits per heavy atom. The van der Waals surface area contributed by atoms with E-state index in [9.17, 15) is 22.8 Å². The van der Waals surface area contributed by atoms with Crippen LogP contribution in [0.5, 0.6) is 0 Å². The van der Waals surface area contributed by atoms with Gasteiger partial charge in [0, 0.05) is 11.6 Å². The topological polar surface area (TPSA) is 71.3 Å². The van der Waals surface area contributed by atoms with Gasteiger partial charge in [-0.25, -0.2) is 0 Å². The van der Waals surface area contributed by atoms with Gasteiger partial charge in [-0.15, -0.1) is 0 Å². The van der Waals surface area contributed by atoms with E-state index in [0.717, 1.165) is 18.6 Å². The summed E-state index contributed by atoms with van der Waals surface area (Å²) in [5.41, 5.74) is -1.42. The van der Waals surface area contributed by atoms with E-state index in [-0.39, 0.29) is 23.1 Å². The summed E-state index contributed by atoms with van der Waals surface area (Å²) in [6, 6.07) is 6.11. The molecule has 3 rings (SSSR count). The number of hydrogen-bond donors (Lipinski definition) is 2. The molecular weight excluding hydrogens is 361 g/mol. The van der Waals surface area contributed by atoms with Crippen molar-refractivity contribution >= 4 is 23.2 Å². The molecule has 2 N–H and O–H groups in total. The van der Waals surface area contributed by atoms with E-state index in [2.05, 4.69) is 10.6 Å². The molecule has 1 aromatic carbocycles. The van der Waals surface area contributed by atoms with Crippen LogP contribution in [0.15, 0.2) is 53.2 Å². The lowest BCUT2D eigenvalue weighted by molar-refractivity contribution is -0.137. The maximum atomic E-state index is 13.4. The molecule has 0 saturated carbocycles. The fraction of sp³-hybridized carbons (Fsp3) is 0.263. The summed E-state index contributed by atoms with van der Waals surface area (Å²) >= 11 is 0. The lowest BCUT2D eigenvalue weighted by Crippen LogP contribution is -2.25. The number of benzene rings is 1. The minimum absolute atomic E-state index is 0.0220. The Morgan fingerprint density at radius 2 is 1.93 bits per heavy atom. The SMILES string of the molecule is O=C(Nc1ccc(NC(=O)[C@H]2CC=CCC2)c(C(F)(F)F)c1)c1ccco1. The highest BCUT2D eigenvalue weighted by molar-refractivity contribution is 6.02. The summed E-state index contributed by atoms with van der Waals surface area (Å²) in [6.45, 7) is 0. The first-order valence-electron chi connectivity index (χ1n) is 8.36. The number of anilines is 2. The molecule has 8 heteroatoms. The zero-order chi connectivity index (χ0) is 19.4. The maximum Gasteiger partial charge on any atom is 0.418 e. The van der Waals surface area contributed by atoms with E-state index in [0.29, 0.717) is 12.8 Å². The molecule has 0 spiro atoms. The Bertz CT molecular complexity index is 858. The van der Waals surface area contributed by atoms with Gasteiger partial charge in [0.25, 0.3) is 5.91 Å².